The fourth-order valence-electron chi connectivity index (χ4n) is 0.360. The second-order valence-corrected chi connectivity index (χ2v) is 3.06. The average Bonchev–Trinajstić information content (AvgIpc) is 1.78. The summed E-state index contributed by atoms with van der Waals surface area (Å²) in [5.41, 5.74) is 0.0814. The van der Waals surface area contributed by atoms with Gasteiger partial charge in [-0.1, -0.05) is 11.8 Å². The van der Waals surface area contributed by atoms with Crippen molar-refractivity contribution in [3.63, 3.8) is 0 Å². The van der Waals surface area contributed by atoms with Gasteiger partial charge < -0.3 is 4.74 Å². The van der Waals surface area contributed by atoms with E-state index in [4.69, 9.17) is 0 Å². The zero-order chi connectivity index (χ0) is 8.04. The predicted octanol–water partition coefficient (Wildman–Crippen LogP) is 2.20. The summed E-state index contributed by atoms with van der Waals surface area (Å²) >= 11 is 0. The lowest BCUT2D eigenvalue weighted by Crippen LogP contribution is -1.98. The van der Waals surface area contributed by atoms with Crippen LogP contribution in [0.3, 0.4) is 0 Å². The van der Waals surface area contributed by atoms with E-state index in [0.717, 1.165) is 0 Å². The first-order valence-electron chi connectivity index (χ1n) is 3.27. The van der Waals surface area contributed by atoms with Crippen LogP contribution in [0.25, 0.3) is 0 Å². The lowest BCUT2D eigenvalue weighted by molar-refractivity contribution is 0.338. The van der Waals surface area contributed by atoms with Crippen molar-refractivity contribution in [3.8, 4) is 11.8 Å². The topological polar surface area (TPSA) is 9.23 Å². The van der Waals surface area contributed by atoms with Gasteiger partial charge in [0.25, 0.3) is 0 Å². The molecule has 0 aromatic heterocycles. The molecule has 0 unspecified atom stereocenters. The fourth-order valence-corrected chi connectivity index (χ4v) is 0.360. The van der Waals surface area contributed by atoms with Gasteiger partial charge >= 0.3 is 0 Å². The third-order valence-corrected chi connectivity index (χ3v) is 0.735. The van der Waals surface area contributed by atoms with Gasteiger partial charge in [-0.05, 0) is 20.8 Å². The predicted molar refractivity (Wildman–Crippen MR) is 43.4 cm³/mol. The van der Waals surface area contributed by atoms with E-state index in [2.05, 4.69) is 37.3 Å². The lowest BCUT2D eigenvalue weighted by atomic mass is 9.98. The van der Waals surface area contributed by atoms with E-state index in [1.54, 1.807) is 19.4 Å². The molecular weight excluding hydrogens is 124 g/mol. The van der Waals surface area contributed by atoms with Gasteiger partial charge in [0.2, 0.25) is 0 Å². The van der Waals surface area contributed by atoms with Gasteiger partial charge in [-0.3, -0.25) is 0 Å². The summed E-state index contributed by atoms with van der Waals surface area (Å²) < 4.78 is 4.67. The van der Waals surface area contributed by atoms with E-state index < -0.39 is 0 Å². The smallest absolute Gasteiger partial charge is 0.0908 e. The summed E-state index contributed by atoms with van der Waals surface area (Å²) in [6.07, 6.45) is 3.27. The highest BCUT2D eigenvalue weighted by Crippen LogP contribution is 2.09. The fraction of sp³-hybridized carbons (Fsp3) is 0.556. The molecule has 10 heavy (non-hydrogen) atoms. The molecule has 0 N–H and O–H groups in total. The highest BCUT2D eigenvalue weighted by Gasteiger charge is 2.01. The molecule has 0 radical (unpaired) electrons. The molecule has 1 nitrogen and oxygen atoms in total. The van der Waals surface area contributed by atoms with Crippen molar-refractivity contribution in [1.82, 2.24) is 0 Å². The number of allylic oxidation sites excluding steroid dienone is 1. The van der Waals surface area contributed by atoms with E-state index in [1.807, 2.05) is 0 Å². The highest BCUT2D eigenvalue weighted by molar-refractivity contribution is 5.17. The van der Waals surface area contributed by atoms with Crippen molar-refractivity contribution >= 4 is 0 Å². The Balaban J connectivity index is 3.81. The van der Waals surface area contributed by atoms with E-state index in [1.165, 1.54) is 0 Å². The molecule has 0 bridgehead atoms. The van der Waals surface area contributed by atoms with E-state index in [9.17, 15) is 0 Å². The van der Waals surface area contributed by atoms with Crippen molar-refractivity contribution < 1.29 is 4.74 Å². The van der Waals surface area contributed by atoms with Gasteiger partial charge in [-0.15, -0.1) is 0 Å². The number of rotatable bonds is 1. The molecule has 0 aromatic rings. The largest absolute Gasteiger partial charge is 0.504 e. The van der Waals surface area contributed by atoms with E-state index in [0.29, 0.717) is 0 Å². The maximum absolute atomic E-state index is 4.67. The first-order valence-corrected chi connectivity index (χ1v) is 3.27. The lowest BCUT2D eigenvalue weighted by Gasteiger charge is -2.05. The summed E-state index contributed by atoms with van der Waals surface area (Å²) in [4.78, 5) is 0. The zero-order valence-electron chi connectivity index (χ0n) is 7.06. The number of hydrogen-bond donors (Lipinski definition) is 0. The minimum absolute atomic E-state index is 0.0814. The Morgan fingerprint density at radius 1 is 1.30 bits per heavy atom. The summed E-state index contributed by atoms with van der Waals surface area (Å²) in [5, 5.41) is 0. The van der Waals surface area contributed by atoms with Crippen LogP contribution >= 0.6 is 0 Å². The molecule has 0 heterocycles. The Labute approximate surface area is 63.1 Å². The van der Waals surface area contributed by atoms with E-state index >= 15 is 0 Å². The second kappa shape index (κ2) is 4.00. The number of ether oxygens (including phenoxy) is 1. The molecule has 0 fully saturated rings. The van der Waals surface area contributed by atoms with Crippen LogP contribution in [0.5, 0.6) is 0 Å². The SMILES string of the molecule is CO/C=C/C#CC(C)(C)C. The van der Waals surface area contributed by atoms with Crippen LogP contribution in [0.1, 0.15) is 20.8 Å². The first kappa shape index (κ1) is 9.10. The van der Waals surface area contributed by atoms with Crippen LogP contribution in [0.2, 0.25) is 0 Å². The van der Waals surface area contributed by atoms with Crippen LogP contribution in [-0.2, 0) is 4.74 Å². The highest BCUT2D eigenvalue weighted by atomic mass is 16.5. The third-order valence-electron chi connectivity index (χ3n) is 0.735. The quantitative estimate of drug-likeness (QED) is 0.398. The van der Waals surface area contributed by atoms with Gasteiger partial charge in [0.15, 0.2) is 0 Å². The standard InChI is InChI=1S/C9H14O/c1-9(2,3)7-5-6-8-10-4/h6,8H,1-4H3/b8-6+. The third kappa shape index (κ3) is 7.10. The minimum Gasteiger partial charge on any atom is -0.504 e. The maximum Gasteiger partial charge on any atom is 0.0908 e. The first-order chi connectivity index (χ1) is 4.56. The molecule has 0 amide bonds. The van der Waals surface area contributed by atoms with Crippen molar-refractivity contribution in [3.05, 3.63) is 12.3 Å². The summed E-state index contributed by atoms with van der Waals surface area (Å²) in [5.74, 6) is 5.91. The van der Waals surface area contributed by atoms with Crippen molar-refractivity contribution in [2.24, 2.45) is 5.41 Å². The molecule has 0 rings (SSSR count). The number of hydrogen-bond acceptors (Lipinski definition) is 1. The molecule has 0 spiro atoms. The zero-order valence-corrected chi connectivity index (χ0v) is 7.06. The Morgan fingerprint density at radius 3 is 2.30 bits per heavy atom. The molecule has 0 saturated carbocycles. The van der Waals surface area contributed by atoms with Crippen molar-refractivity contribution in [2.75, 3.05) is 7.11 Å². The van der Waals surface area contributed by atoms with Gasteiger partial charge in [0.1, 0.15) is 0 Å². The van der Waals surface area contributed by atoms with Gasteiger partial charge in [0, 0.05) is 11.5 Å². The normalized spacial score (nSPS) is 10.8. The molecule has 0 saturated heterocycles. The van der Waals surface area contributed by atoms with Crippen molar-refractivity contribution in [2.45, 2.75) is 20.8 Å². The van der Waals surface area contributed by atoms with Gasteiger partial charge in [-0.25, -0.2) is 0 Å². The maximum atomic E-state index is 4.67. The van der Waals surface area contributed by atoms with Crippen LogP contribution in [0.4, 0.5) is 0 Å². The monoisotopic (exact) mass is 138 g/mol. The van der Waals surface area contributed by atoms with Crippen LogP contribution in [0.15, 0.2) is 12.3 Å². The molecular formula is C9H14O. The van der Waals surface area contributed by atoms with Gasteiger partial charge in [-0.2, -0.15) is 0 Å². The molecule has 0 aliphatic heterocycles. The van der Waals surface area contributed by atoms with Gasteiger partial charge in [0.05, 0.1) is 13.4 Å². The molecule has 56 valence electrons. The molecule has 0 aliphatic carbocycles. The molecule has 0 aliphatic rings. The van der Waals surface area contributed by atoms with Crippen LogP contribution in [0, 0.1) is 17.3 Å². The molecule has 0 aromatic carbocycles. The van der Waals surface area contributed by atoms with Crippen LogP contribution < -0.4 is 0 Å². The summed E-state index contributed by atoms with van der Waals surface area (Å²) in [6, 6.07) is 0. The minimum atomic E-state index is 0.0814. The Kier molecular flexibility index (Phi) is 3.64. The Hall–Kier alpha value is -0.900. The summed E-state index contributed by atoms with van der Waals surface area (Å²) in [7, 11) is 1.61. The number of methoxy groups -OCH3 is 1. The Bertz CT molecular complexity index is 161. The van der Waals surface area contributed by atoms with Crippen LogP contribution in [-0.4, -0.2) is 7.11 Å². The summed E-state index contributed by atoms with van der Waals surface area (Å²) in [6.45, 7) is 6.21. The van der Waals surface area contributed by atoms with Crippen molar-refractivity contribution in [1.29, 1.82) is 0 Å². The molecule has 1 heteroatoms. The Morgan fingerprint density at radius 2 is 1.90 bits per heavy atom. The average molecular weight is 138 g/mol. The second-order valence-electron chi connectivity index (χ2n) is 3.06. The van der Waals surface area contributed by atoms with E-state index in [-0.39, 0.29) is 5.41 Å². The molecule has 0 atom stereocenters.